The fraction of sp³-hybridized carbons (Fsp3) is 0.357. The van der Waals surface area contributed by atoms with E-state index in [1.807, 2.05) is 36.5 Å². The molecule has 200 valence electrons. The molecule has 6 N–H and O–H groups in total. The first-order valence-electron chi connectivity index (χ1n) is 12.7. The summed E-state index contributed by atoms with van der Waals surface area (Å²) in [6.45, 7) is 1.90. The van der Waals surface area contributed by atoms with Crippen LogP contribution in [0.2, 0.25) is 0 Å². The zero-order chi connectivity index (χ0) is 27.2. The van der Waals surface area contributed by atoms with Crippen molar-refractivity contribution in [2.24, 2.45) is 5.73 Å². The first kappa shape index (κ1) is 26.9. The number of para-hydroxylation sites is 1. The van der Waals surface area contributed by atoms with E-state index in [-0.39, 0.29) is 6.42 Å². The molecule has 10 nitrogen and oxygen atoms in total. The maximum absolute atomic E-state index is 13.2. The van der Waals surface area contributed by atoms with Gasteiger partial charge in [-0.3, -0.25) is 14.4 Å². The van der Waals surface area contributed by atoms with E-state index in [1.165, 1.54) is 4.90 Å². The normalized spacial score (nSPS) is 17.5. The van der Waals surface area contributed by atoms with Crippen molar-refractivity contribution in [3.8, 4) is 0 Å². The summed E-state index contributed by atoms with van der Waals surface area (Å²) in [4.78, 5) is 55.4. The molecule has 1 aromatic heterocycles. The molecule has 4 unspecified atom stereocenters. The van der Waals surface area contributed by atoms with Crippen LogP contribution in [0.4, 0.5) is 0 Å². The minimum Gasteiger partial charge on any atom is -0.480 e. The molecular formula is C28H33N5O5. The predicted molar refractivity (Wildman–Crippen MR) is 142 cm³/mol. The lowest BCUT2D eigenvalue weighted by atomic mass is 10.0. The highest BCUT2D eigenvalue weighted by molar-refractivity contribution is 5.94. The van der Waals surface area contributed by atoms with Crippen molar-refractivity contribution < 1.29 is 24.3 Å². The number of benzene rings is 2. The average molecular weight is 520 g/mol. The topological polar surface area (TPSA) is 158 Å². The Morgan fingerprint density at radius 2 is 1.76 bits per heavy atom. The van der Waals surface area contributed by atoms with Crippen LogP contribution < -0.4 is 16.4 Å². The highest BCUT2D eigenvalue weighted by atomic mass is 16.4. The van der Waals surface area contributed by atoms with Gasteiger partial charge in [-0.25, -0.2) is 4.79 Å². The van der Waals surface area contributed by atoms with Crippen molar-refractivity contribution >= 4 is 34.6 Å². The van der Waals surface area contributed by atoms with Crippen LogP contribution in [-0.4, -0.2) is 69.4 Å². The van der Waals surface area contributed by atoms with Crippen molar-refractivity contribution in [3.05, 3.63) is 71.9 Å². The molecule has 38 heavy (non-hydrogen) atoms. The monoisotopic (exact) mass is 519 g/mol. The molecule has 10 heteroatoms. The standard InChI is InChI=1S/C28H33N5O5/c1-17(31-25(34)21(29)15-19-16-30-22-11-6-5-10-20(19)22)27(36)33-13-7-12-24(33)26(35)32-23(28(37)38)14-18-8-3-2-4-9-18/h2-6,8-11,16-17,21,23-24,30H,7,12-15,29H2,1H3,(H,31,34)(H,32,35)(H,37,38). The van der Waals surface area contributed by atoms with Crippen molar-refractivity contribution in [1.29, 1.82) is 0 Å². The van der Waals surface area contributed by atoms with Gasteiger partial charge in [-0.15, -0.1) is 0 Å². The van der Waals surface area contributed by atoms with Gasteiger partial charge in [0.1, 0.15) is 18.1 Å². The van der Waals surface area contributed by atoms with Crippen LogP contribution in [0.1, 0.15) is 30.9 Å². The second-order valence-corrected chi connectivity index (χ2v) is 9.68. The smallest absolute Gasteiger partial charge is 0.326 e. The first-order chi connectivity index (χ1) is 18.2. The number of carbonyl (C=O) groups is 4. The number of aromatic amines is 1. The van der Waals surface area contributed by atoms with Gasteiger partial charge in [0.05, 0.1) is 6.04 Å². The SMILES string of the molecule is CC(NC(=O)C(N)Cc1c[nH]c2ccccc12)C(=O)N1CCCC1C(=O)NC(Cc1ccccc1)C(=O)O. The average Bonchev–Trinajstić information content (AvgIpc) is 3.56. The molecule has 1 aliphatic rings. The molecule has 0 radical (unpaired) electrons. The van der Waals surface area contributed by atoms with Crippen LogP contribution in [0.15, 0.2) is 60.8 Å². The first-order valence-corrected chi connectivity index (χ1v) is 12.7. The van der Waals surface area contributed by atoms with Crippen LogP contribution >= 0.6 is 0 Å². The Hall–Kier alpha value is -4.18. The maximum Gasteiger partial charge on any atom is 0.326 e. The van der Waals surface area contributed by atoms with Gasteiger partial charge in [-0.05, 0) is 43.4 Å². The van der Waals surface area contributed by atoms with Crippen molar-refractivity contribution in [3.63, 3.8) is 0 Å². The minimum absolute atomic E-state index is 0.128. The van der Waals surface area contributed by atoms with Gasteiger partial charge < -0.3 is 31.4 Å². The van der Waals surface area contributed by atoms with Crippen LogP contribution in [0.3, 0.4) is 0 Å². The van der Waals surface area contributed by atoms with Crippen LogP contribution in [0.5, 0.6) is 0 Å². The van der Waals surface area contributed by atoms with Gasteiger partial charge in [0.2, 0.25) is 17.7 Å². The number of carboxylic acids is 1. The molecule has 1 saturated heterocycles. The number of hydrogen-bond acceptors (Lipinski definition) is 5. The van der Waals surface area contributed by atoms with E-state index in [9.17, 15) is 24.3 Å². The third-order valence-corrected chi connectivity index (χ3v) is 6.92. The molecule has 1 aliphatic heterocycles. The second kappa shape index (κ2) is 11.9. The highest BCUT2D eigenvalue weighted by Gasteiger charge is 2.38. The van der Waals surface area contributed by atoms with Gasteiger partial charge in [-0.1, -0.05) is 48.5 Å². The molecular weight excluding hydrogens is 486 g/mol. The lowest BCUT2D eigenvalue weighted by Crippen LogP contribution is -2.56. The number of rotatable bonds is 10. The molecule has 0 saturated carbocycles. The Kier molecular flexibility index (Phi) is 8.42. The van der Waals surface area contributed by atoms with E-state index in [0.29, 0.717) is 25.8 Å². The summed E-state index contributed by atoms with van der Waals surface area (Å²) in [6.07, 6.45) is 3.26. The number of carbonyl (C=O) groups excluding carboxylic acids is 3. The molecule has 3 amide bonds. The molecule has 1 fully saturated rings. The van der Waals surface area contributed by atoms with E-state index in [0.717, 1.165) is 22.0 Å². The van der Waals surface area contributed by atoms with E-state index in [2.05, 4.69) is 15.6 Å². The molecule has 0 aliphatic carbocycles. The van der Waals surface area contributed by atoms with E-state index in [1.54, 1.807) is 31.2 Å². The molecule has 4 rings (SSSR count). The summed E-state index contributed by atoms with van der Waals surface area (Å²) in [6, 6.07) is 13.0. The zero-order valence-electron chi connectivity index (χ0n) is 21.2. The minimum atomic E-state index is -1.15. The summed E-state index contributed by atoms with van der Waals surface area (Å²) < 4.78 is 0. The number of aromatic nitrogens is 1. The second-order valence-electron chi connectivity index (χ2n) is 9.68. The van der Waals surface area contributed by atoms with E-state index < -0.39 is 47.9 Å². The summed E-state index contributed by atoms with van der Waals surface area (Å²) in [7, 11) is 0. The highest BCUT2D eigenvalue weighted by Crippen LogP contribution is 2.20. The van der Waals surface area contributed by atoms with Crippen molar-refractivity contribution in [2.45, 2.75) is 56.8 Å². The zero-order valence-corrected chi connectivity index (χ0v) is 21.2. The Balaban J connectivity index is 1.34. The number of nitrogens with zero attached hydrogens (tertiary/aromatic N) is 1. The lowest BCUT2D eigenvalue weighted by Gasteiger charge is -2.28. The number of hydrogen-bond donors (Lipinski definition) is 5. The fourth-order valence-corrected chi connectivity index (χ4v) is 4.88. The van der Waals surface area contributed by atoms with Crippen LogP contribution in [-0.2, 0) is 32.0 Å². The summed E-state index contributed by atoms with van der Waals surface area (Å²) in [5.74, 6) is -2.55. The number of fused-ring (bicyclic) bond motifs is 1. The van der Waals surface area contributed by atoms with Gasteiger partial charge >= 0.3 is 5.97 Å². The number of amides is 3. The molecule has 0 bridgehead atoms. The Morgan fingerprint density at radius 1 is 1.05 bits per heavy atom. The fourth-order valence-electron chi connectivity index (χ4n) is 4.88. The quantitative estimate of drug-likeness (QED) is 0.272. The number of H-pyrrole nitrogens is 1. The number of nitrogens with one attached hydrogen (secondary N) is 3. The van der Waals surface area contributed by atoms with Crippen LogP contribution in [0.25, 0.3) is 10.9 Å². The third-order valence-electron chi connectivity index (χ3n) is 6.92. The molecule has 2 aromatic carbocycles. The number of nitrogens with two attached hydrogens (primary N) is 1. The van der Waals surface area contributed by atoms with E-state index >= 15 is 0 Å². The van der Waals surface area contributed by atoms with Gasteiger partial charge in [0.25, 0.3) is 0 Å². The predicted octanol–water partition coefficient (Wildman–Crippen LogP) is 1.35. The van der Waals surface area contributed by atoms with Crippen molar-refractivity contribution in [2.75, 3.05) is 6.54 Å². The lowest BCUT2D eigenvalue weighted by molar-refractivity contribution is -0.144. The number of carboxylic acid groups (broad SMARTS) is 1. The van der Waals surface area contributed by atoms with Crippen molar-refractivity contribution in [1.82, 2.24) is 20.5 Å². The number of likely N-dealkylation sites (tertiary alicyclic amines) is 1. The molecule has 2 heterocycles. The molecule has 4 atom stereocenters. The third kappa shape index (κ3) is 6.20. The van der Waals surface area contributed by atoms with Crippen LogP contribution in [0, 0.1) is 0 Å². The van der Waals surface area contributed by atoms with Gasteiger partial charge in [-0.2, -0.15) is 0 Å². The number of aliphatic carboxylic acids is 1. The summed E-state index contributed by atoms with van der Waals surface area (Å²) >= 11 is 0. The summed E-state index contributed by atoms with van der Waals surface area (Å²) in [5, 5.41) is 15.9. The Morgan fingerprint density at radius 3 is 2.50 bits per heavy atom. The molecule has 0 spiro atoms. The van der Waals surface area contributed by atoms with Gasteiger partial charge in [0, 0.05) is 30.1 Å². The van der Waals surface area contributed by atoms with Gasteiger partial charge in [0.15, 0.2) is 0 Å². The maximum atomic E-state index is 13.2. The Bertz CT molecular complexity index is 1310. The molecule has 3 aromatic rings. The summed E-state index contributed by atoms with van der Waals surface area (Å²) in [5.41, 5.74) is 8.78. The van der Waals surface area contributed by atoms with E-state index in [4.69, 9.17) is 5.73 Å². The Labute approximate surface area is 220 Å². The largest absolute Gasteiger partial charge is 0.480 e.